The summed E-state index contributed by atoms with van der Waals surface area (Å²) < 4.78 is 0. The molecule has 0 bridgehead atoms. The summed E-state index contributed by atoms with van der Waals surface area (Å²) in [7, 11) is 0. The molecular weight excluding hydrogens is 284 g/mol. The summed E-state index contributed by atoms with van der Waals surface area (Å²) in [6.07, 6.45) is 10.6. The fraction of sp³-hybridized carbons (Fsp3) is 0.857. The van der Waals surface area contributed by atoms with Crippen molar-refractivity contribution in [1.82, 2.24) is 0 Å². The predicted molar refractivity (Wildman–Crippen MR) is 91.9 cm³/mol. The highest BCUT2D eigenvalue weighted by molar-refractivity contribution is 5.91. The van der Waals surface area contributed by atoms with Crippen LogP contribution in [0, 0.1) is 34.5 Å². The Morgan fingerprint density at radius 2 is 1.96 bits per heavy atom. The fourth-order valence-corrected chi connectivity index (χ4v) is 7.31. The number of rotatable bonds is 1. The summed E-state index contributed by atoms with van der Waals surface area (Å²) in [5.41, 5.74) is 1.71. The van der Waals surface area contributed by atoms with Crippen LogP contribution < -0.4 is 0 Å². The Balaban J connectivity index is 1.71. The minimum absolute atomic E-state index is 0.137. The van der Waals surface area contributed by atoms with E-state index in [9.17, 15) is 9.90 Å². The van der Waals surface area contributed by atoms with Gasteiger partial charge in [0.25, 0.3) is 0 Å². The van der Waals surface area contributed by atoms with Gasteiger partial charge in [-0.25, -0.2) is 0 Å². The number of carbonyl (C=O) groups excluding carboxylic acids is 1. The lowest BCUT2D eigenvalue weighted by Crippen LogP contribution is -2.56. The maximum atomic E-state index is 11.9. The van der Waals surface area contributed by atoms with Crippen molar-refractivity contribution >= 4 is 5.78 Å². The molecule has 2 heteroatoms. The van der Waals surface area contributed by atoms with Crippen LogP contribution in [0.25, 0.3) is 0 Å². The number of ketones is 1. The van der Waals surface area contributed by atoms with Gasteiger partial charge in [-0.3, -0.25) is 4.79 Å². The summed E-state index contributed by atoms with van der Waals surface area (Å²) >= 11 is 0. The molecule has 1 N–H and O–H groups in total. The van der Waals surface area contributed by atoms with Crippen LogP contribution in [0.4, 0.5) is 0 Å². The van der Waals surface area contributed by atoms with Gasteiger partial charge >= 0.3 is 0 Å². The monoisotopic (exact) mass is 316 g/mol. The zero-order chi connectivity index (χ0) is 16.4. The Morgan fingerprint density at radius 3 is 2.70 bits per heavy atom. The number of allylic oxidation sites excluding steroid dienone is 1. The maximum Gasteiger partial charge on any atom is 0.155 e. The highest BCUT2D eigenvalue weighted by Crippen LogP contribution is 2.66. The van der Waals surface area contributed by atoms with E-state index in [1.807, 2.05) is 6.08 Å². The minimum atomic E-state index is -0.157. The van der Waals surface area contributed by atoms with Crippen LogP contribution in [0.5, 0.6) is 0 Å². The molecule has 23 heavy (non-hydrogen) atoms. The van der Waals surface area contributed by atoms with Gasteiger partial charge in [-0.05, 0) is 79.1 Å². The van der Waals surface area contributed by atoms with Gasteiger partial charge in [0.05, 0.1) is 6.10 Å². The first-order valence-electron chi connectivity index (χ1n) is 9.83. The highest BCUT2D eigenvalue weighted by Gasteiger charge is 2.61. The first-order chi connectivity index (χ1) is 10.9. The van der Waals surface area contributed by atoms with Crippen molar-refractivity contribution in [2.75, 3.05) is 0 Å². The van der Waals surface area contributed by atoms with Crippen molar-refractivity contribution in [3.63, 3.8) is 0 Å². The van der Waals surface area contributed by atoms with Gasteiger partial charge in [0.2, 0.25) is 0 Å². The molecule has 3 saturated carbocycles. The first kappa shape index (κ1) is 15.9. The van der Waals surface area contributed by atoms with Gasteiger partial charge in [-0.1, -0.05) is 32.8 Å². The summed E-state index contributed by atoms with van der Waals surface area (Å²) in [5, 5.41) is 11.1. The Hall–Kier alpha value is -0.630. The Bertz CT molecular complexity index is 550. The van der Waals surface area contributed by atoms with Crippen molar-refractivity contribution in [2.45, 2.75) is 78.2 Å². The summed E-state index contributed by atoms with van der Waals surface area (Å²) in [4.78, 5) is 11.9. The van der Waals surface area contributed by atoms with E-state index in [0.717, 1.165) is 25.2 Å². The second-order valence-corrected chi connectivity index (χ2v) is 9.27. The lowest BCUT2D eigenvalue weighted by atomic mass is 9.46. The Kier molecular flexibility index (Phi) is 3.58. The molecule has 0 aromatic heterocycles. The van der Waals surface area contributed by atoms with E-state index in [1.165, 1.54) is 31.3 Å². The van der Waals surface area contributed by atoms with E-state index in [0.29, 0.717) is 30.0 Å². The van der Waals surface area contributed by atoms with Crippen molar-refractivity contribution in [3.8, 4) is 0 Å². The number of hydrogen-bond donors (Lipinski definition) is 1. The standard InChI is InChI=1S/C21H32O2/c1-4-13-6-8-17-16-7-5-14-11-15(22)9-10-20(14,2)18(16)12-19(23)21(13,17)3/h11,13,16-19,23H,4-10,12H2,1-3H3/t13-,16-,17-,18-,19+,20-,21+/m0/s1. The normalized spacial score (nSPS) is 52.4. The van der Waals surface area contributed by atoms with Gasteiger partial charge in [0.1, 0.15) is 0 Å². The van der Waals surface area contributed by atoms with Gasteiger partial charge < -0.3 is 5.11 Å². The van der Waals surface area contributed by atoms with Crippen LogP contribution in [0.1, 0.15) is 72.1 Å². The third-order valence-corrected chi connectivity index (χ3v) is 8.75. The number of hydrogen-bond acceptors (Lipinski definition) is 2. The van der Waals surface area contributed by atoms with Crippen molar-refractivity contribution < 1.29 is 9.90 Å². The number of carbonyl (C=O) groups is 1. The Morgan fingerprint density at radius 1 is 1.17 bits per heavy atom. The lowest BCUT2D eigenvalue weighted by molar-refractivity contribution is -0.135. The molecule has 4 aliphatic carbocycles. The van der Waals surface area contributed by atoms with E-state index in [1.54, 1.807) is 0 Å². The zero-order valence-corrected chi connectivity index (χ0v) is 15.0. The van der Waals surface area contributed by atoms with E-state index >= 15 is 0 Å². The summed E-state index contributed by atoms with van der Waals surface area (Å²) in [6, 6.07) is 0. The van der Waals surface area contributed by atoms with Crippen molar-refractivity contribution in [3.05, 3.63) is 11.6 Å². The molecule has 4 aliphatic rings. The van der Waals surface area contributed by atoms with Crippen molar-refractivity contribution in [2.24, 2.45) is 34.5 Å². The molecule has 3 fully saturated rings. The first-order valence-corrected chi connectivity index (χ1v) is 9.83. The highest BCUT2D eigenvalue weighted by atomic mass is 16.3. The van der Waals surface area contributed by atoms with Crippen LogP contribution in [-0.4, -0.2) is 17.0 Å². The fourth-order valence-electron chi connectivity index (χ4n) is 7.31. The van der Waals surface area contributed by atoms with Crippen molar-refractivity contribution in [1.29, 1.82) is 0 Å². The molecule has 4 rings (SSSR count). The minimum Gasteiger partial charge on any atom is -0.393 e. The topological polar surface area (TPSA) is 37.3 Å². The number of fused-ring (bicyclic) bond motifs is 5. The van der Waals surface area contributed by atoms with Crippen LogP contribution >= 0.6 is 0 Å². The third kappa shape index (κ3) is 2.00. The van der Waals surface area contributed by atoms with Gasteiger partial charge in [0, 0.05) is 6.42 Å². The second-order valence-electron chi connectivity index (χ2n) is 9.27. The van der Waals surface area contributed by atoms with Crippen LogP contribution in [0.3, 0.4) is 0 Å². The third-order valence-electron chi connectivity index (χ3n) is 8.75. The number of aliphatic hydroxyl groups excluding tert-OH is 1. The molecule has 0 aromatic rings. The van der Waals surface area contributed by atoms with E-state index in [-0.39, 0.29) is 16.9 Å². The molecule has 0 aromatic carbocycles. The zero-order valence-electron chi connectivity index (χ0n) is 15.0. The van der Waals surface area contributed by atoms with E-state index in [4.69, 9.17) is 0 Å². The molecule has 0 aliphatic heterocycles. The Labute approximate surface area is 140 Å². The average Bonchev–Trinajstić information content (AvgIpc) is 2.87. The number of aliphatic hydroxyl groups is 1. The molecular formula is C21H32O2. The quantitative estimate of drug-likeness (QED) is 0.772. The van der Waals surface area contributed by atoms with E-state index < -0.39 is 0 Å². The molecule has 0 unspecified atom stereocenters. The summed E-state index contributed by atoms with van der Waals surface area (Å²) in [6.45, 7) is 7.08. The van der Waals surface area contributed by atoms with Gasteiger partial charge in [0.15, 0.2) is 5.78 Å². The molecule has 7 atom stereocenters. The lowest BCUT2D eigenvalue weighted by Gasteiger charge is -2.59. The molecule has 0 spiro atoms. The molecule has 0 radical (unpaired) electrons. The predicted octanol–water partition coefficient (Wildman–Crippen LogP) is 4.52. The molecule has 2 nitrogen and oxygen atoms in total. The van der Waals surface area contributed by atoms with Crippen LogP contribution in [0.2, 0.25) is 0 Å². The van der Waals surface area contributed by atoms with Gasteiger partial charge in [-0.15, -0.1) is 0 Å². The smallest absolute Gasteiger partial charge is 0.155 e. The van der Waals surface area contributed by atoms with E-state index in [2.05, 4.69) is 20.8 Å². The van der Waals surface area contributed by atoms with Crippen LogP contribution in [-0.2, 0) is 4.79 Å². The molecule has 0 saturated heterocycles. The van der Waals surface area contributed by atoms with Crippen LogP contribution in [0.15, 0.2) is 11.6 Å². The largest absolute Gasteiger partial charge is 0.393 e. The second kappa shape index (κ2) is 5.18. The molecule has 0 amide bonds. The van der Waals surface area contributed by atoms with Gasteiger partial charge in [-0.2, -0.15) is 0 Å². The maximum absolute atomic E-state index is 11.9. The summed E-state index contributed by atoms with van der Waals surface area (Å²) in [5.74, 6) is 3.05. The SMILES string of the molecule is CC[C@H]1CC[C@H]2[C@@H]3CCC4=CC(=O)CC[C@]4(C)[C@H]3C[C@@H](O)[C@]12C. The average molecular weight is 316 g/mol. The molecule has 128 valence electrons. The molecule has 0 heterocycles.